The molecule has 1 aliphatic rings. The summed E-state index contributed by atoms with van der Waals surface area (Å²) < 4.78 is 43.8. The lowest BCUT2D eigenvalue weighted by Gasteiger charge is -2.06. The maximum absolute atomic E-state index is 13.2. The van der Waals surface area contributed by atoms with E-state index >= 15 is 0 Å². The van der Waals surface area contributed by atoms with Gasteiger partial charge in [0.2, 0.25) is 0 Å². The molecule has 14 heavy (non-hydrogen) atoms. The molecule has 0 bridgehead atoms. The Kier molecular flexibility index (Phi) is 1.93. The first-order valence-electron chi connectivity index (χ1n) is 3.78. The summed E-state index contributed by atoms with van der Waals surface area (Å²) in [5.41, 5.74) is 3.35. The van der Waals surface area contributed by atoms with Gasteiger partial charge in [-0.1, -0.05) is 0 Å². The fourth-order valence-electron chi connectivity index (χ4n) is 1.39. The van der Waals surface area contributed by atoms with Gasteiger partial charge < -0.3 is 15.4 Å². The van der Waals surface area contributed by atoms with E-state index in [1.807, 2.05) is 0 Å². The molecule has 1 heterocycles. The summed E-state index contributed by atoms with van der Waals surface area (Å²) in [5.74, 6) is -3.93. The van der Waals surface area contributed by atoms with Crippen LogP contribution >= 0.6 is 0 Å². The van der Waals surface area contributed by atoms with Crippen molar-refractivity contribution in [1.29, 1.82) is 0 Å². The second-order valence-electron chi connectivity index (χ2n) is 2.91. The number of nitrogen functional groups attached to an aromatic ring is 1. The van der Waals surface area contributed by atoms with E-state index in [1.54, 1.807) is 0 Å². The first-order chi connectivity index (χ1) is 6.54. The number of halogens is 3. The molecule has 1 aliphatic heterocycles. The summed E-state index contributed by atoms with van der Waals surface area (Å²) in [7, 11) is -1.63. The molecule has 2 rings (SSSR count). The Bertz CT molecular complexity index is 413. The maximum atomic E-state index is 13.2. The lowest BCUT2D eigenvalue weighted by Crippen LogP contribution is -2.33. The van der Waals surface area contributed by atoms with E-state index in [1.165, 1.54) is 0 Å². The standard InChI is InChI=1S/C7H5BF3NO2/c9-4-2-1-14-8(13)3(2)5(10)6(11)7(4)12/h13H,1,12H2. The highest BCUT2D eigenvalue weighted by atomic mass is 19.2. The van der Waals surface area contributed by atoms with Crippen molar-refractivity contribution in [2.75, 3.05) is 5.73 Å². The van der Waals surface area contributed by atoms with Crippen LogP contribution in [0.4, 0.5) is 18.9 Å². The van der Waals surface area contributed by atoms with Gasteiger partial charge in [-0.25, -0.2) is 13.2 Å². The molecule has 0 aliphatic carbocycles. The molecule has 0 fully saturated rings. The number of hydrogen-bond donors (Lipinski definition) is 2. The molecule has 7 heteroatoms. The lowest BCUT2D eigenvalue weighted by atomic mass is 9.78. The van der Waals surface area contributed by atoms with E-state index in [0.29, 0.717) is 0 Å². The largest absolute Gasteiger partial charge is 0.495 e. The molecule has 0 saturated heterocycles. The Morgan fingerprint density at radius 2 is 1.86 bits per heavy atom. The van der Waals surface area contributed by atoms with Crippen molar-refractivity contribution in [2.45, 2.75) is 6.61 Å². The predicted molar refractivity (Wildman–Crippen MR) is 43.1 cm³/mol. The monoisotopic (exact) mass is 203 g/mol. The molecular formula is C7H5BF3NO2. The van der Waals surface area contributed by atoms with Crippen LogP contribution in [0.15, 0.2) is 0 Å². The minimum atomic E-state index is -1.63. The minimum Gasteiger partial charge on any atom is -0.423 e. The SMILES string of the molecule is Nc1c(F)c(F)c2c(c1F)COB2O. The lowest BCUT2D eigenvalue weighted by molar-refractivity contribution is 0.272. The van der Waals surface area contributed by atoms with Crippen LogP contribution in [0.1, 0.15) is 5.56 Å². The molecular weight excluding hydrogens is 198 g/mol. The Labute approximate surface area is 77.4 Å². The number of fused-ring (bicyclic) bond motifs is 1. The van der Waals surface area contributed by atoms with Gasteiger partial charge in [0.1, 0.15) is 5.69 Å². The average molecular weight is 203 g/mol. The molecule has 3 nitrogen and oxygen atoms in total. The molecule has 0 unspecified atom stereocenters. The molecule has 0 aromatic heterocycles. The van der Waals surface area contributed by atoms with E-state index in [4.69, 9.17) is 10.8 Å². The van der Waals surface area contributed by atoms with Gasteiger partial charge in [-0.2, -0.15) is 0 Å². The number of hydrogen-bond acceptors (Lipinski definition) is 3. The van der Waals surface area contributed by atoms with Gasteiger partial charge in [0.25, 0.3) is 0 Å². The Balaban J connectivity index is 2.77. The van der Waals surface area contributed by atoms with E-state index in [2.05, 4.69) is 4.65 Å². The third-order valence-corrected chi connectivity index (χ3v) is 2.12. The van der Waals surface area contributed by atoms with Crippen LogP contribution in [0, 0.1) is 17.5 Å². The van der Waals surface area contributed by atoms with Crippen LogP contribution in [-0.2, 0) is 11.3 Å². The minimum absolute atomic E-state index is 0.228. The summed E-state index contributed by atoms with van der Waals surface area (Å²) in [4.78, 5) is 0. The highest BCUT2D eigenvalue weighted by Gasteiger charge is 2.36. The summed E-state index contributed by atoms with van der Waals surface area (Å²) in [6, 6.07) is 0. The Morgan fingerprint density at radius 1 is 1.21 bits per heavy atom. The van der Waals surface area contributed by atoms with Gasteiger partial charge in [-0.3, -0.25) is 0 Å². The van der Waals surface area contributed by atoms with Gasteiger partial charge in [0.05, 0.1) is 6.61 Å². The van der Waals surface area contributed by atoms with E-state index in [0.717, 1.165) is 0 Å². The van der Waals surface area contributed by atoms with Gasteiger partial charge in [0.15, 0.2) is 17.5 Å². The van der Waals surface area contributed by atoms with Gasteiger partial charge in [-0.15, -0.1) is 0 Å². The maximum Gasteiger partial charge on any atom is 0.495 e. The highest BCUT2D eigenvalue weighted by molar-refractivity contribution is 6.61. The zero-order valence-corrected chi connectivity index (χ0v) is 6.85. The molecule has 0 radical (unpaired) electrons. The normalized spacial score (nSPS) is 14.7. The van der Waals surface area contributed by atoms with Crippen molar-refractivity contribution in [1.82, 2.24) is 0 Å². The third kappa shape index (κ3) is 1.02. The summed E-state index contributed by atoms with van der Waals surface area (Å²) in [6.07, 6.45) is 0. The smallest absolute Gasteiger partial charge is 0.423 e. The Morgan fingerprint density at radius 3 is 2.50 bits per heavy atom. The van der Waals surface area contributed by atoms with Crippen LogP contribution in [0.25, 0.3) is 0 Å². The van der Waals surface area contributed by atoms with E-state index in [-0.39, 0.29) is 12.2 Å². The van der Waals surface area contributed by atoms with Crippen LogP contribution in [-0.4, -0.2) is 12.1 Å². The molecule has 1 aromatic rings. The second-order valence-corrected chi connectivity index (χ2v) is 2.91. The zero-order valence-electron chi connectivity index (χ0n) is 6.85. The first-order valence-corrected chi connectivity index (χ1v) is 3.78. The van der Waals surface area contributed by atoms with Crippen LogP contribution in [0.2, 0.25) is 0 Å². The molecule has 0 spiro atoms. The highest BCUT2D eigenvalue weighted by Crippen LogP contribution is 2.24. The summed E-state index contributed by atoms with van der Waals surface area (Å²) in [5, 5.41) is 9.07. The van der Waals surface area contributed by atoms with Crippen molar-refractivity contribution in [3.8, 4) is 0 Å². The van der Waals surface area contributed by atoms with Crippen molar-refractivity contribution in [2.24, 2.45) is 0 Å². The first kappa shape index (κ1) is 9.35. The number of rotatable bonds is 0. The number of benzene rings is 1. The number of nitrogens with two attached hydrogens (primary N) is 1. The second kappa shape index (κ2) is 2.89. The molecule has 0 amide bonds. The van der Waals surface area contributed by atoms with Crippen LogP contribution < -0.4 is 11.2 Å². The van der Waals surface area contributed by atoms with Gasteiger partial charge in [-0.05, 0) is 0 Å². The van der Waals surface area contributed by atoms with E-state index < -0.39 is 35.7 Å². The molecule has 3 N–H and O–H groups in total. The molecule has 1 aromatic carbocycles. The van der Waals surface area contributed by atoms with Crippen LogP contribution in [0.3, 0.4) is 0 Å². The number of anilines is 1. The Hall–Kier alpha value is -1.21. The quantitative estimate of drug-likeness (QED) is 0.351. The fourth-order valence-corrected chi connectivity index (χ4v) is 1.39. The van der Waals surface area contributed by atoms with Gasteiger partial charge in [0, 0.05) is 11.0 Å². The summed E-state index contributed by atoms with van der Waals surface area (Å²) >= 11 is 0. The van der Waals surface area contributed by atoms with Crippen molar-refractivity contribution >= 4 is 18.3 Å². The topological polar surface area (TPSA) is 55.5 Å². The molecule has 0 atom stereocenters. The summed E-state index contributed by atoms with van der Waals surface area (Å²) in [6.45, 7) is -0.316. The third-order valence-electron chi connectivity index (χ3n) is 2.12. The zero-order chi connectivity index (χ0) is 10.5. The predicted octanol–water partition coefficient (Wildman–Crippen LogP) is -0.0962. The van der Waals surface area contributed by atoms with E-state index in [9.17, 15) is 13.2 Å². The van der Waals surface area contributed by atoms with Gasteiger partial charge >= 0.3 is 7.12 Å². The van der Waals surface area contributed by atoms with Crippen molar-refractivity contribution in [3.63, 3.8) is 0 Å². The average Bonchev–Trinajstić information content (AvgIpc) is 2.54. The molecule has 0 saturated carbocycles. The van der Waals surface area contributed by atoms with Crippen LogP contribution in [0.5, 0.6) is 0 Å². The van der Waals surface area contributed by atoms with Crippen molar-refractivity contribution in [3.05, 3.63) is 23.0 Å². The molecule has 74 valence electrons. The fraction of sp³-hybridized carbons (Fsp3) is 0.143. The van der Waals surface area contributed by atoms with Crippen molar-refractivity contribution < 1.29 is 22.8 Å².